The largest absolute Gasteiger partial charge is 0.365 e. The topological polar surface area (TPSA) is 152 Å². The first kappa shape index (κ1) is 21.0. The fourth-order valence-corrected chi connectivity index (χ4v) is 2.75. The summed E-state index contributed by atoms with van der Waals surface area (Å²) in [6, 6.07) is 20.3. The average Bonchev–Trinajstić information content (AvgIpc) is 2.78. The van der Waals surface area contributed by atoms with Crippen LogP contribution in [0.1, 0.15) is 21.5 Å². The minimum atomic E-state index is -0.703. The number of aromatic nitrogens is 1. The number of nitrogens with one attached hydrogen (secondary N) is 4. The molecule has 3 rings (SSSR count). The lowest BCUT2D eigenvalue weighted by atomic mass is 10.1. The summed E-state index contributed by atoms with van der Waals surface area (Å²) in [5.74, 6) is -0.142. The van der Waals surface area contributed by atoms with Crippen LogP contribution in [0.5, 0.6) is 0 Å². The third-order valence-electron chi connectivity index (χ3n) is 4.18. The number of rotatable bonds is 9. The third kappa shape index (κ3) is 5.65. The van der Waals surface area contributed by atoms with Gasteiger partial charge in [-0.1, -0.05) is 36.4 Å². The van der Waals surface area contributed by atoms with E-state index >= 15 is 0 Å². The van der Waals surface area contributed by atoms with Crippen LogP contribution in [0.2, 0.25) is 0 Å². The van der Waals surface area contributed by atoms with Crippen LogP contribution in [0.3, 0.4) is 0 Å². The lowest BCUT2D eigenvalue weighted by Gasteiger charge is -2.14. The summed E-state index contributed by atoms with van der Waals surface area (Å²) >= 11 is 0. The van der Waals surface area contributed by atoms with Gasteiger partial charge in [0.05, 0.1) is 23.0 Å². The number of hydrazone groups is 1. The second-order valence-corrected chi connectivity index (χ2v) is 6.36. The summed E-state index contributed by atoms with van der Waals surface area (Å²) in [5.41, 5.74) is 10.9. The van der Waals surface area contributed by atoms with Gasteiger partial charge in [0.2, 0.25) is 0 Å². The Bertz CT molecular complexity index is 1150. The maximum atomic E-state index is 12.0. The molecule has 1 aromatic heterocycles. The smallest absolute Gasteiger partial charge is 0.252 e. The molecule has 0 bridgehead atoms. The van der Waals surface area contributed by atoms with E-state index in [4.69, 9.17) is 11.1 Å². The number of pyridine rings is 1. The van der Waals surface area contributed by atoms with Gasteiger partial charge in [-0.05, 0) is 29.8 Å². The Hall–Kier alpha value is -4.71. The van der Waals surface area contributed by atoms with Crippen molar-refractivity contribution in [3.05, 3.63) is 77.4 Å². The zero-order valence-corrected chi connectivity index (χ0v) is 16.5. The van der Waals surface area contributed by atoms with Gasteiger partial charge in [-0.15, -0.1) is 0 Å². The Balaban J connectivity index is 1.90. The van der Waals surface area contributed by atoms with Crippen molar-refractivity contribution in [1.29, 1.82) is 10.7 Å². The van der Waals surface area contributed by atoms with Crippen molar-refractivity contribution in [2.45, 2.75) is 6.54 Å². The van der Waals surface area contributed by atoms with Gasteiger partial charge in [-0.2, -0.15) is 10.4 Å². The highest BCUT2D eigenvalue weighted by Gasteiger charge is 2.16. The van der Waals surface area contributed by atoms with Gasteiger partial charge >= 0.3 is 0 Å². The minimum Gasteiger partial charge on any atom is -0.365 e. The van der Waals surface area contributed by atoms with Gasteiger partial charge in [0.15, 0.2) is 0 Å². The number of carbonyl (C=O) groups is 1. The monoisotopic (exact) mass is 412 g/mol. The van der Waals surface area contributed by atoms with Crippen LogP contribution in [0.15, 0.2) is 65.8 Å². The van der Waals surface area contributed by atoms with Crippen molar-refractivity contribution in [3.8, 4) is 6.07 Å². The van der Waals surface area contributed by atoms with Crippen molar-refractivity contribution >= 4 is 41.3 Å². The molecule has 0 aliphatic carbocycles. The average molecular weight is 412 g/mol. The number of benzene rings is 2. The van der Waals surface area contributed by atoms with Gasteiger partial charge in [0, 0.05) is 18.4 Å². The zero-order chi connectivity index (χ0) is 22.1. The molecule has 3 aromatic rings. The quantitative estimate of drug-likeness (QED) is 0.268. The molecule has 0 saturated carbocycles. The van der Waals surface area contributed by atoms with E-state index in [9.17, 15) is 10.1 Å². The molecule has 154 valence electrons. The van der Waals surface area contributed by atoms with Crippen LogP contribution in [-0.4, -0.2) is 23.3 Å². The van der Waals surface area contributed by atoms with Crippen LogP contribution in [0.25, 0.3) is 0 Å². The van der Waals surface area contributed by atoms with Crippen LogP contribution >= 0.6 is 0 Å². The molecule has 0 radical (unpaired) electrons. The Morgan fingerprint density at radius 3 is 2.61 bits per heavy atom. The molecule has 0 aliphatic rings. The van der Waals surface area contributed by atoms with Gasteiger partial charge in [-0.3, -0.25) is 10.2 Å². The molecular weight excluding hydrogens is 392 g/mol. The molecule has 2 aromatic carbocycles. The van der Waals surface area contributed by atoms with Crippen LogP contribution in [0, 0.1) is 16.7 Å². The van der Waals surface area contributed by atoms with Crippen molar-refractivity contribution in [1.82, 2.24) is 4.98 Å². The number of nitrogens with two attached hydrogens (primary N) is 1. The highest BCUT2D eigenvalue weighted by atomic mass is 16.1. The Morgan fingerprint density at radius 1 is 1.13 bits per heavy atom. The second kappa shape index (κ2) is 10.2. The van der Waals surface area contributed by atoms with E-state index in [0.717, 1.165) is 11.8 Å². The third-order valence-corrected chi connectivity index (χ3v) is 4.18. The first-order valence-electron chi connectivity index (χ1n) is 9.28. The number of hydrogen-bond acceptors (Lipinski definition) is 8. The molecule has 0 spiro atoms. The van der Waals surface area contributed by atoms with Gasteiger partial charge in [0.25, 0.3) is 5.91 Å². The maximum absolute atomic E-state index is 12.0. The molecule has 0 saturated heterocycles. The predicted octanol–water partition coefficient (Wildman–Crippen LogP) is 3.46. The number of amides is 1. The van der Waals surface area contributed by atoms with Crippen molar-refractivity contribution in [2.75, 3.05) is 16.1 Å². The van der Waals surface area contributed by atoms with Crippen molar-refractivity contribution in [3.63, 3.8) is 0 Å². The summed E-state index contributed by atoms with van der Waals surface area (Å²) in [7, 11) is 0. The fraction of sp³-hybridized carbons (Fsp3) is 0.0455. The van der Waals surface area contributed by atoms with Crippen molar-refractivity contribution < 1.29 is 4.79 Å². The normalized spacial score (nSPS) is 10.3. The lowest BCUT2D eigenvalue weighted by molar-refractivity contribution is 0.100. The highest BCUT2D eigenvalue weighted by Crippen LogP contribution is 2.26. The number of anilines is 4. The number of hydrogen-bond donors (Lipinski definition) is 5. The molecule has 1 heterocycles. The zero-order valence-electron chi connectivity index (χ0n) is 16.5. The molecule has 9 nitrogen and oxygen atoms in total. The molecule has 1 amide bonds. The maximum Gasteiger partial charge on any atom is 0.252 e. The van der Waals surface area contributed by atoms with E-state index in [0.29, 0.717) is 23.7 Å². The second-order valence-electron chi connectivity index (χ2n) is 6.36. The summed E-state index contributed by atoms with van der Waals surface area (Å²) < 4.78 is 0. The number of carbonyl (C=O) groups excluding carboxylic acids is 1. The molecule has 0 unspecified atom stereocenters. The van der Waals surface area contributed by atoms with Crippen LogP contribution in [0.4, 0.5) is 23.0 Å². The lowest BCUT2D eigenvalue weighted by Crippen LogP contribution is -2.16. The number of nitrogens with zero attached hydrogens (tertiary/aromatic N) is 3. The molecule has 6 N–H and O–H groups in total. The van der Waals surface area contributed by atoms with Gasteiger partial charge in [-0.25, -0.2) is 4.98 Å². The summed E-state index contributed by atoms with van der Waals surface area (Å²) in [4.78, 5) is 16.4. The first-order chi connectivity index (χ1) is 15.1. The molecule has 9 heteroatoms. The van der Waals surface area contributed by atoms with Gasteiger partial charge in [0.1, 0.15) is 17.7 Å². The first-order valence-corrected chi connectivity index (χ1v) is 9.28. The molecule has 31 heavy (non-hydrogen) atoms. The van der Waals surface area contributed by atoms with E-state index in [1.165, 1.54) is 12.3 Å². The standard InChI is InChI=1S/C22H20N8O/c23-9-10-27-30-18-8-4-7-17(12-18)28-22-19(20(25)31)11-16(13-24)21(29-22)26-14-15-5-2-1-3-6-15/h1-12,23,30H,14H2,(H2,25,31)(H2,26,28,29)/b23-9?,27-10-. The van der Waals surface area contributed by atoms with Crippen LogP contribution in [-0.2, 0) is 6.54 Å². The molecule has 0 aliphatic heterocycles. The van der Waals surface area contributed by atoms with Crippen molar-refractivity contribution in [2.24, 2.45) is 10.8 Å². The summed E-state index contributed by atoms with van der Waals surface area (Å²) in [6.45, 7) is 0.461. The molecule has 0 atom stereocenters. The van der Waals surface area contributed by atoms with E-state index in [2.05, 4.69) is 32.2 Å². The number of primary amides is 1. The fourth-order valence-electron chi connectivity index (χ4n) is 2.75. The van der Waals surface area contributed by atoms with E-state index < -0.39 is 5.91 Å². The molecule has 0 fully saturated rings. The SMILES string of the molecule is N#Cc1cc(C(N)=O)c(Nc2cccc(N/N=C\C=N)c2)nc1NCc1ccccc1. The Morgan fingerprint density at radius 2 is 1.90 bits per heavy atom. The summed E-state index contributed by atoms with van der Waals surface area (Å²) in [5, 5.41) is 26.5. The van der Waals surface area contributed by atoms with Gasteiger partial charge < -0.3 is 21.8 Å². The Labute approximate surface area is 179 Å². The Kier molecular flexibility index (Phi) is 6.90. The van der Waals surface area contributed by atoms with Crippen LogP contribution < -0.4 is 21.8 Å². The van der Waals surface area contributed by atoms with E-state index in [1.54, 1.807) is 24.3 Å². The number of nitriles is 1. The minimum absolute atomic E-state index is 0.0991. The summed E-state index contributed by atoms with van der Waals surface area (Å²) in [6.07, 6.45) is 2.36. The highest BCUT2D eigenvalue weighted by molar-refractivity contribution is 6.14. The van der Waals surface area contributed by atoms with E-state index in [-0.39, 0.29) is 16.9 Å². The predicted molar refractivity (Wildman–Crippen MR) is 122 cm³/mol. The molecular formula is C22H20N8O. The van der Waals surface area contributed by atoms with E-state index in [1.807, 2.05) is 30.3 Å².